The van der Waals surface area contributed by atoms with Gasteiger partial charge in [0.25, 0.3) is 0 Å². The molecule has 1 aromatic rings. The van der Waals surface area contributed by atoms with Crippen LogP contribution < -0.4 is 10.2 Å². The van der Waals surface area contributed by atoms with Crippen molar-refractivity contribution in [3.05, 3.63) is 11.9 Å². The number of anilines is 2. The monoisotopic (exact) mass is 276 g/mol. The van der Waals surface area contributed by atoms with Gasteiger partial charge in [0.1, 0.15) is 17.5 Å². The first kappa shape index (κ1) is 15.1. The normalized spacial score (nSPS) is 23.2. The summed E-state index contributed by atoms with van der Waals surface area (Å²) in [6.45, 7) is 13.0. The molecule has 0 radical (unpaired) electrons. The number of hydrogen-bond donors (Lipinski definition) is 1. The van der Waals surface area contributed by atoms with E-state index in [2.05, 4.69) is 55.9 Å². The molecule has 4 heteroatoms. The van der Waals surface area contributed by atoms with Crippen LogP contribution in [0.2, 0.25) is 0 Å². The van der Waals surface area contributed by atoms with Gasteiger partial charge >= 0.3 is 0 Å². The lowest BCUT2D eigenvalue weighted by atomic mass is 9.95. The molecule has 2 atom stereocenters. The Morgan fingerprint density at radius 3 is 2.70 bits per heavy atom. The smallest absolute Gasteiger partial charge is 0.135 e. The molecule has 1 saturated heterocycles. The van der Waals surface area contributed by atoms with Gasteiger partial charge in [0, 0.05) is 31.1 Å². The van der Waals surface area contributed by atoms with Crippen LogP contribution in [0.4, 0.5) is 11.6 Å². The van der Waals surface area contributed by atoms with Crippen LogP contribution in [0.5, 0.6) is 0 Å². The molecular formula is C16H28N4. The van der Waals surface area contributed by atoms with E-state index in [1.807, 2.05) is 0 Å². The molecule has 1 aliphatic rings. The van der Waals surface area contributed by atoms with E-state index in [9.17, 15) is 0 Å². The Morgan fingerprint density at radius 1 is 1.30 bits per heavy atom. The quantitative estimate of drug-likeness (QED) is 0.911. The Morgan fingerprint density at radius 2 is 2.05 bits per heavy atom. The summed E-state index contributed by atoms with van der Waals surface area (Å²) in [6.07, 6.45) is 2.57. The summed E-state index contributed by atoms with van der Waals surface area (Å²) < 4.78 is 0. The number of hydrogen-bond acceptors (Lipinski definition) is 4. The van der Waals surface area contributed by atoms with Crippen LogP contribution in [0, 0.1) is 5.92 Å². The van der Waals surface area contributed by atoms with E-state index in [4.69, 9.17) is 4.98 Å². The van der Waals surface area contributed by atoms with Crippen molar-refractivity contribution in [2.75, 3.05) is 23.3 Å². The molecule has 1 fully saturated rings. The van der Waals surface area contributed by atoms with Crippen LogP contribution in [-0.2, 0) is 0 Å². The van der Waals surface area contributed by atoms with Gasteiger partial charge in [-0.2, -0.15) is 0 Å². The lowest BCUT2D eigenvalue weighted by molar-refractivity contribution is 0.387. The molecule has 0 bridgehead atoms. The second-order valence-corrected chi connectivity index (χ2v) is 6.34. The first-order chi connectivity index (χ1) is 9.51. The first-order valence-electron chi connectivity index (χ1n) is 7.90. The third-order valence-corrected chi connectivity index (χ3v) is 4.02. The van der Waals surface area contributed by atoms with Crippen LogP contribution in [0.1, 0.15) is 59.2 Å². The second kappa shape index (κ2) is 6.42. The molecule has 0 spiro atoms. The molecule has 2 rings (SSSR count). The number of rotatable bonds is 4. The molecule has 0 saturated carbocycles. The molecule has 2 unspecified atom stereocenters. The van der Waals surface area contributed by atoms with Crippen molar-refractivity contribution in [1.29, 1.82) is 0 Å². The van der Waals surface area contributed by atoms with Gasteiger partial charge in [-0.25, -0.2) is 9.97 Å². The van der Waals surface area contributed by atoms with Crippen molar-refractivity contribution in [2.45, 2.75) is 59.4 Å². The van der Waals surface area contributed by atoms with Crippen molar-refractivity contribution in [1.82, 2.24) is 9.97 Å². The van der Waals surface area contributed by atoms with E-state index in [0.29, 0.717) is 12.0 Å². The van der Waals surface area contributed by atoms with E-state index in [-0.39, 0.29) is 0 Å². The summed E-state index contributed by atoms with van der Waals surface area (Å²) in [5.74, 6) is 4.06. The first-order valence-corrected chi connectivity index (χ1v) is 7.90. The van der Waals surface area contributed by atoms with Gasteiger partial charge in [-0.1, -0.05) is 20.8 Å². The van der Waals surface area contributed by atoms with Gasteiger partial charge in [0.05, 0.1) is 0 Å². The molecule has 4 nitrogen and oxygen atoms in total. The summed E-state index contributed by atoms with van der Waals surface area (Å²) in [4.78, 5) is 11.9. The lowest BCUT2D eigenvalue weighted by Crippen LogP contribution is -2.41. The Kier molecular flexibility index (Phi) is 4.84. The van der Waals surface area contributed by atoms with Crippen molar-refractivity contribution in [2.24, 2.45) is 5.92 Å². The third-order valence-electron chi connectivity index (χ3n) is 4.02. The molecule has 1 N–H and O–H groups in total. The van der Waals surface area contributed by atoms with Crippen molar-refractivity contribution < 1.29 is 0 Å². The highest BCUT2D eigenvalue weighted by Gasteiger charge is 2.25. The summed E-state index contributed by atoms with van der Waals surface area (Å²) in [5.41, 5.74) is 0. The summed E-state index contributed by atoms with van der Waals surface area (Å²) in [6, 6.07) is 2.67. The highest BCUT2D eigenvalue weighted by Crippen LogP contribution is 2.28. The third kappa shape index (κ3) is 3.41. The van der Waals surface area contributed by atoms with E-state index in [1.54, 1.807) is 0 Å². The molecule has 0 aliphatic carbocycles. The molecule has 1 aromatic heterocycles. The molecule has 0 amide bonds. The van der Waals surface area contributed by atoms with Crippen molar-refractivity contribution >= 4 is 11.6 Å². The minimum Gasteiger partial charge on any atom is -0.370 e. The molecule has 112 valence electrons. The van der Waals surface area contributed by atoms with Gasteiger partial charge in [-0.05, 0) is 32.6 Å². The number of nitrogens with zero attached hydrogens (tertiary/aromatic N) is 3. The zero-order valence-electron chi connectivity index (χ0n) is 13.5. The zero-order valence-corrected chi connectivity index (χ0v) is 13.5. The Bertz CT molecular complexity index is 444. The highest BCUT2D eigenvalue weighted by atomic mass is 15.2. The summed E-state index contributed by atoms with van der Waals surface area (Å²) >= 11 is 0. The maximum Gasteiger partial charge on any atom is 0.135 e. The minimum absolute atomic E-state index is 0.352. The van der Waals surface area contributed by atoms with E-state index in [0.717, 1.165) is 36.5 Å². The van der Waals surface area contributed by atoms with E-state index < -0.39 is 0 Å². The van der Waals surface area contributed by atoms with Gasteiger partial charge in [0.15, 0.2) is 0 Å². The SMILES string of the molecule is CCNc1cc(N2CC(C)CCC2C)nc(C(C)C)n1. The molecule has 2 heterocycles. The van der Waals surface area contributed by atoms with Gasteiger partial charge < -0.3 is 10.2 Å². The number of nitrogens with one attached hydrogen (secondary N) is 1. The minimum atomic E-state index is 0.352. The van der Waals surface area contributed by atoms with Gasteiger partial charge in [0.2, 0.25) is 0 Å². The Labute approximate surface area is 123 Å². The van der Waals surface area contributed by atoms with Crippen LogP contribution in [0.15, 0.2) is 6.07 Å². The van der Waals surface area contributed by atoms with Crippen LogP contribution >= 0.6 is 0 Å². The van der Waals surface area contributed by atoms with Crippen LogP contribution in [-0.4, -0.2) is 29.1 Å². The maximum atomic E-state index is 4.80. The van der Waals surface area contributed by atoms with Crippen molar-refractivity contribution in [3.8, 4) is 0 Å². The van der Waals surface area contributed by atoms with Crippen molar-refractivity contribution in [3.63, 3.8) is 0 Å². The summed E-state index contributed by atoms with van der Waals surface area (Å²) in [5, 5.41) is 3.33. The van der Waals surface area contributed by atoms with Crippen LogP contribution in [0.3, 0.4) is 0 Å². The fraction of sp³-hybridized carbons (Fsp3) is 0.750. The van der Waals surface area contributed by atoms with E-state index >= 15 is 0 Å². The molecule has 0 aromatic carbocycles. The molecule has 1 aliphatic heterocycles. The predicted molar refractivity (Wildman–Crippen MR) is 85.5 cm³/mol. The molecule has 20 heavy (non-hydrogen) atoms. The standard InChI is InChI=1S/C16H28N4/c1-6-17-14-9-15(19-16(18-14)11(2)3)20-10-12(4)7-8-13(20)5/h9,11-13H,6-8,10H2,1-5H3,(H,17,18,19). The zero-order chi connectivity index (χ0) is 14.7. The topological polar surface area (TPSA) is 41.0 Å². The van der Waals surface area contributed by atoms with E-state index in [1.165, 1.54) is 12.8 Å². The lowest BCUT2D eigenvalue weighted by Gasteiger charge is -2.38. The predicted octanol–water partition coefficient (Wildman–Crippen LogP) is 3.66. The fourth-order valence-corrected chi connectivity index (χ4v) is 2.74. The number of aromatic nitrogens is 2. The Hall–Kier alpha value is -1.32. The maximum absolute atomic E-state index is 4.80. The van der Waals surface area contributed by atoms with Gasteiger partial charge in [-0.3, -0.25) is 0 Å². The van der Waals surface area contributed by atoms with Crippen LogP contribution in [0.25, 0.3) is 0 Å². The molecular weight excluding hydrogens is 248 g/mol. The fourth-order valence-electron chi connectivity index (χ4n) is 2.74. The highest BCUT2D eigenvalue weighted by molar-refractivity contribution is 5.50. The Balaban J connectivity index is 2.33. The second-order valence-electron chi connectivity index (χ2n) is 6.34. The average molecular weight is 276 g/mol. The largest absolute Gasteiger partial charge is 0.370 e. The number of piperidine rings is 1. The summed E-state index contributed by atoms with van der Waals surface area (Å²) in [7, 11) is 0. The average Bonchev–Trinajstić information content (AvgIpc) is 2.41. The van der Waals surface area contributed by atoms with Gasteiger partial charge in [-0.15, -0.1) is 0 Å².